The summed E-state index contributed by atoms with van der Waals surface area (Å²) in [6, 6.07) is 10.3. The second-order valence-electron chi connectivity index (χ2n) is 5.68. The summed E-state index contributed by atoms with van der Waals surface area (Å²) >= 11 is 0. The number of benzene rings is 1. The van der Waals surface area contributed by atoms with Gasteiger partial charge in [0.2, 0.25) is 0 Å². The molecule has 0 saturated carbocycles. The first kappa shape index (κ1) is 18.4. The Morgan fingerprint density at radius 1 is 1.28 bits per heavy atom. The minimum Gasteiger partial charge on any atom is -0.497 e. The van der Waals surface area contributed by atoms with Crippen molar-refractivity contribution in [3.05, 3.63) is 58.9 Å². The lowest BCUT2D eigenvalue weighted by atomic mass is 10.1. The molecule has 0 aliphatic heterocycles. The Morgan fingerprint density at radius 2 is 2.00 bits per heavy atom. The van der Waals surface area contributed by atoms with Gasteiger partial charge in [-0.05, 0) is 50.6 Å². The van der Waals surface area contributed by atoms with Gasteiger partial charge in [0.1, 0.15) is 11.4 Å². The predicted molar refractivity (Wildman–Crippen MR) is 94.1 cm³/mol. The normalized spacial score (nSPS) is 11.7. The van der Waals surface area contributed by atoms with Gasteiger partial charge >= 0.3 is 5.97 Å². The van der Waals surface area contributed by atoms with E-state index in [2.05, 4.69) is 4.98 Å². The van der Waals surface area contributed by atoms with Crippen LogP contribution in [0.4, 0.5) is 0 Å². The van der Waals surface area contributed by atoms with Crippen molar-refractivity contribution in [1.29, 1.82) is 0 Å². The number of aryl methyl sites for hydroxylation is 1. The maximum absolute atomic E-state index is 12.9. The standard InChI is InChI=1S/C19H22N2O4/c1-5-21(13(3)14-7-6-8-15(11-14)25-4)18(22)17-10-9-16(19(23)24)12(2)20-17/h6-11,13H,5H2,1-4H3,(H,23,24). The molecular weight excluding hydrogens is 320 g/mol. The third kappa shape index (κ3) is 3.96. The number of pyridine rings is 1. The van der Waals surface area contributed by atoms with Crippen molar-refractivity contribution in [2.24, 2.45) is 0 Å². The summed E-state index contributed by atoms with van der Waals surface area (Å²) in [6.45, 7) is 5.92. The maximum Gasteiger partial charge on any atom is 0.337 e. The van der Waals surface area contributed by atoms with Gasteiger partial charge in [-0.15, -0.1) is 0 Å². The summed E-state index contributed by atoms with van der Waals surface area (Å²) in [5.74, 6) is -0.563. The highest BCUT2D eigenvalue weighted by molar-refractivity contribution is 5.94. The van der Waals surface area contributed by atoms with E-state index in [1.54, 1.807) is 18.9 Å². The molecule has 25 heavy (non-hydrogen) atoms. The lowest BCUT2D eigenvalue weighted by Gasteiger charge is -2.28. The lowest BCUT2D eigenvalue weighted by Crippen LogP contribution is -2.34. The van der Waals surface area contributed by atoms with Gasteiger partial charge in [-0.2, -0.15) is 0 Å². The zero-order valence-corrected chi connectivity index (χ0v) is 14.8. The fourth-order valence-electron chi connectivity index (χ4n) is 2.73. The number of aromatic nitrogens is 1. The zero-order chi connectivity index (χ0) is 18.6. The van der Waals surface area contributed by atoms with Crippen molar-refractivity contribution in [3.8, 4) is 5.75 Å². The minimum atomic E-state index is -1.05. The SMILES string of the molecule is CCN(C(=O)c1ccc(C(=O)O)c(C)n1)C(C)c1cccc(OC)c1. The number of carboxylic acid groups (broad SMARTS) is 1. The van der Waals surface area contributed by atoms with Crippen molar-refractivity contribution >= 4 is 11.9 Å². The third-order valence-electron chi connectivity index (χ3n) is 4.18. The van der Waals surface area contributed by atoms with E-state index >= 15 is 0 Å². The first-order chi connectivity index (χ1) is 11.9. The summed E-state index contributed by atoms with van der Waals surface area (Å²) in [5.41, 5.74) is 1.61. The van der Waals surface area contributed by atoms with Crippen LogP contribution in [0.25, 0.3) is 0 Å². The fraction of sp³-hybridized carbons (Fsp3) is 0.316. The third-order valence-corrected chi connectivity index (χ3v) is 4.18. The Hall–Kier alpha value is -2.89. The molecule has 1 amide bonds. The molecule has 0 fully saturated rings. The molecule has 1 N–H and O–H groups in total. The van der Waals surface area contributed by atoms with Crippen LogP contribution in [-0.2, 0) is 0 Å². The van der Waals surface area contributed by atoms with Crippen molar-refractivity contribution in [2.75, 3.05) is 13.7 Å². The van der Waals surface area contributed by atoms with E-state index < -0.39 is 5.97 Å². The van der Waals surface area contributed by atoms with Gasteiger partial charge in [-0.1, -0.05) is 12.1 Å². The van der Waals surface area contributed by atoms with Crippen molar-refractivity contribution in [3.63, 3.8) is 0 Å². The molecule has 0 spiro atoms. The van der Waals surface area contributed by atoms with Crippen LogP contribution in [0.15, 0.2) is 36.4 Å². The van der Waals surface area contributed by atoms with E-state index in [1.807, 2.05) is 38.1 Å². The van der Waals surface area contributed by atoms with E-state index in [0.29, 0.717) is 12.2 Å². The fourth-order valence-corrected chi connectivity index (χ4v) is 2.73. The lowest BCUT2D eigenvalue weighted by molar-refractivity contribution is 0.0679. The smallest absolute Gasteiger partial charge is 0.337 e. The molecule has 0 radical (unpaired) electrons. The molecule has 1 aromatic carbocycles. The summed E-state index contributed by atoms with van der Waals surface area (Å²) in [4.78, 5) is 29.8. The zero-order valence-electron chi connectivity index (χ0n) is 14.8. The summed E-state index contributed by atoms with van der Waals surface area (Å²) in [5, 5.41) is 9.09. The Kier molecular flexibility index (Phi) is 5.75. The minimum absolute atomic E-state index is 0.0976. The average molecular weight is 342 g/mol. The maximum atomic E-state index is 12.9. The number of carboxylic acids is 1. The Morgan fingerprint density at radius 3 is 2.56 bits per heavy atom. The van der Waals surface area contributed by atoms with Crippen LogP contribution in [0.3, 0.4) is 0 Å². The molecular formula is C19H22N2O4. The highest BCUT2D eigenvalue weighted by Gasteiger charge is 2.23. The molecule has 0 aliphatic carbocycles. The first-order valence-electron chi connectivity index (χ1n) is 8.04. The molecule has 0 saturated heterocycles. The molecule has 0 aliphatic rings. The summed E-state index contributed by atoms with van der Waals surface area (Å²) in [7, 11) is 1.60. The molecule has 1 unspecified atom stereocenters. The number of rotatable bonds is 6. The van der Waals surface area contributed by atoms with Gasteiger partial charge in [-0.25, -0.2) is 9.78 Å². The van der Waals surface area contributed by atoms with Gasteiger partial charge in [0.25, 0.3) is 5.91 Å². The van der Waals surface area contributed by atoms with Crippen LogP contribution in [0.5, 0.6) is 5.75 Å². The van der Waals surface area contributed by atoms with E-state index in [1.165, 1.54) is 12.1 Å². The molecule has 6 nitrogen and oxygen atoms in total. The first-order valence-corrected chi connectivity index (χ1v) is 8.04. The second kappa shape index (κ2) is 7.79. The molecule has 1 atom stereocenters. The summed E-state index contributed by atoms with van der Waals surface area (Å²) in [6.07, 6.45) is 0. The van der Waals surface area contributed by atoms with Gasteiger partial charge < -0.3 is 14.7 Å². The second-order valence-corrected chi connectivity index (χ2v) is 5.68. The highest BCUT2D eigenvalue weighted by Crippen LogP contribution is 2.25. The Balaban J connectivity index is 2.31. The van der Waals surface area contributed by atoms with E-state index in [9.17, 15) is 9.59 Å². The van der Waals surface area contributed by atoms with E-state index in [-0.39, 0.29) is 23.2 Å². The van der Waals surface area contributed by atoms with Gasteiger partial charge in [0, 0.05) is 6.54 Å². The monoisotopic (exact) mass is 342 g/mol. The molecule has 0 bridgehead atoms. The summed E-state index contributed by atoms with van der Waals surface area (Å²) < 4.78 is 5.24. The van der Waals surface area contributed by atoms with Crippen molar-refractivity contribution in [1.82, 2.24) is 9.88 Å². The van der Waals surface area contributed by atoms with E-state index in [0.717, 1.165) is 11.3 Å². The van der Waals surface area contributed by atoms with E-state index in [4.69, 9.17) is 9.84 Å². The van der Waals surface area contributed by atoms with Crippen LogP contribution in [0.1, 0.15) is 52.0 Å². The molecule has 2 aromatic rings. The number of hydrogen-bond donors (Lipinski definition) is 1. The number of aromatic carboxylic acids is 1. The number of carbonyl (C=O) groups is 2. The van der Waals surface area contributed by atoms with Crippen LogP contribution >= 0.6 is 0 Å². The number of ether oxygens (including phenoxy) is 1. The molecule has 132 valence electrons. The molecule has 1 heterocycles. The largest absolute Gasteiger partial charge is 0.497 e. The predicted octanol–water partition coefficient (Wildman–Crippen LogP) is 3.32. The molecule has 6 heteroatoms. The number of amides is 1. The number of nitrogens with zero attached hydrogens (tertiary/aromatic N) is 2. The molecule has 1 aromatic heterocycles. The highest BCUT2D eigenvalue weighted by atomic mass is 16.5. The molecule has 2 rings (SSSR count). The van der Waals surface area contributed by atoms with Crippen molar-refractivity contribution in [2.45, 2.75) is 26.8 Å². The van der Waals surface area contributed by atoms with Gasteiger partial charge in [-0.3, -0.25) is 4.79 Å². The number of methoxy groups -OCH3 is 1. The quantitative estimate of drug-likeness (QED) is 0.871. The Labute approximate surface area is 147 Å². The topological polar surface area (TPSA) is 79.7 Å². The van der Waals surface area contributed by atoms with Crippen molar-refractivity contribution < 1.29 is 19.4 Å². The van der Waals surface area contributed by atoms with Crippen LogP contribution < -0.4 is 4.74 Å². The number of carbonyl (C=O) groups excluding carboxylic acids is 1. The Bertz CT molecular complexity index is 789. The van der Waals surface area contributed by atoms with Gasteiger partial charge in [0.15, 0.2) is 0 Å². The van der Waals surface area contributed by atoms with Crippen LogP contribution in [0, 0.1) is 6.92 Å². The van der Waals surface area contributed by atoms with Crippen LogP contribution in [0.2, 0.25) is 0 Å². The van der Waals surface area contributed by atoms with Gasteiger partial charge in [0.05, 0.1) is 24.4 Å². The number of hydrogen-bond acceptors (Lipinski definition) is 4. The average Bonchev–Trinajstić information content (AvgIpc) is 2.61. The van der Waals surface area contributed by atoms with Crippen LogP contribution in [-0.4, -0.2) is 40.5 Å².